The number of benzene rings is 1. The van der Waals surface area contributed by atoms with Crippen LogP contribution in [0.15, 0.2) is 23.0 Å². The number of piperidine rings is 2. The van der Waals surface area contributed by atoms with E-state index in [9.17, 15) is 18.8 Å². The van der Waals surface area contributed by atoms with Crippen molar-refractivity contribution >= 4 is 11.8 Å². The van der Waals surface area contributed by atoms with E-state index in [2.05, 4.69) is 17.1 Å². The highest BCUT2D eigenvalue weighted by molar-refractivity contribution is 5.95. The summed E-state index contributed by atoms with van der Waals surface area (Å²) in [6.45, 7) is 3.85. The van der Waals surface area contributed by atoms with E-state index in [0.717, 1.165) is 67.5 Å². The maximum Gasteiger partial charge on any atom is 0.267 e. The number of aromatic nitrogens is 2. The first-order chi connectivity index (χ1) is 17.4. The highest BCUT2D eigenvalue weighted by Gasteiger charge is 2.33. The highest BCUT2D eigenvalue weighted by Crippen LogP contribution is 2.27. The summed E-state index contributed by atoms with van der Waals surface area (Å²) in [5.74, 6) is -0.730. The molecule has 3 aliphatic rings. The molecule has 3 heterocycles. The first kappa shape index (κ1) is 24.7. The molecule has 0 bridgehead atoms. The fourth-order valence-corrected chi connectivity index (χ4v) is 6.07. The zero-order chi connectivity index (χ0) is 25.2. The molecule has 36 heavy (non-hydrogen) atoms. The van der Waals surface area contributed by atoms with Gasteiger partial charge in [-0.15, -0.1) is 0 Å². The zero-order valence-electron chi connectivity index (χ0n) is 21.0. The third-order valence-corrected chi connectivity index (χ3v) is 8.23. The van der Waals surface area contributed by atoms with Gasteiger partial charge in [0.15, 0.2) is 0 Å². The van der Waals surface area contributed by atoms with E-state index >= 15 is 0 Å². The predicted molar refractivity (Wildman–Crippen MR) is 134 cm³/mol. The molecule has 2 aliphatic heterocycles. The van der Waals surface area contributed by atoms with Crippen molar-refractivity contribution in [1.29, 1.82) is 0 Å². The molecule has 8 heteroatoms. The number of likely N-dealkylation sites (tertiary alicyclic amines) is 2. The maximum absolute atomic E-state index is 14.8. The minimum absolute atomic E-state index is 0.0558. The summed E-state index contributed by atoms with van der Waals surface area (Å²) in [4.78, 5) is 42.1. The highest BCUT2D eigenvalue weighted by atomic mass is 19.1. The van der Waals surface area contributed by atoms with Crippen molar-refractivity contribution in [1.82, 2.24) is 20.0 Å². The van der Waals surface area contributed by atoms with Gasteiger partial charge in [-0.25, -0.2) is 9.49 Å². The molecule has 7 nitrogen and oxygen atoms in total. The Kier molecular flexibility index (Phi) is 7.21. The van der Waals surface area contributed by atoms with E-state index in [1.54, 1.807) is 17.0 Å². The number of carbonyl (C=O) groups excluding carboxylic acids is 2. The Morgan fingerprint density at radius 1 is 1.03 bits per heavy atom. The third-order valence-electron chi connectivity index (χ3n) is 8.23. The minimum atomic E-state index is -0.541. The lowest BCUT2D eigenvalue weighted by Crippen LogP contribution is -2.48. The summed E-state index contributed by atoms with van der Waals surface area (Å²) >= 11 is 0. The SMILES string of the molecule is CC1CCCCN1C(=O)C1CCN(C(=O)c2cc(Cc3n[nH]c(=O)c4c3CCCC4)ccc2F)CC1. The van der Waals surface area contributed by atoms with Crippen LogP contribution >= 0.6 is 0 Å². The number of hydrogen-bond acceptors (Lipinski definition) is 4. The van der Waals surface area contributed by atoms with Gasteiger partial charge in [-0.3, -0.25) is 14.4 Å². The van der Waals surface area contributed by atoms with Crippen LogP contribution in [0, 0.1) is 11.7 Å². The Labute approximate surface area is 211 Å². The van der Waals surface area contributed by atoms with Crippen LogP contribution in [-0.2, 0) is 24.1 Å². The molecule has 1 aromatic heterocycles. The predicted octanol–water partition coefficient (Wildman–Crippen LogP) is 3.63. The Bertz CT molecular complexity index is 1200. The molecular formula is C28H35FN4O3. The van der Waals surface area contributed by atoms with Gasteiger partial charge in [0.1, 0.15) is 5.82 Å². The van der Waals surface area contributed by atoms with Crippen molar-refractivity contribution in [2.45, 2.75) is 77.2 Å². The van der Waals surface area contributed by atoms with Gasteiger partial charge >= 0.3 is 0 Å². The van der Waals surface area contributed by atoms with E-state index < -0.39 is 5.82 Å². The smallest absolute Gasteiger partial charge is 0.267 e. The number of carbonyl (C=O) groups is 2. The van der Waals surface area contributed by atoms with Gasteiger partial charge < -0.3 is 9.80 Å². The molecule has 1 aliphatic carbocycles. The average molecular weight is 495 g/mol. The second-order valence-corrected chi connectivity index (χ2v) is 10.6. The number of halogens is 1. The second kappa shape index (κ2) is 10.5. The number of nitrogens with one attached hydrogen (secondary N) is 1. The lowest BCUT2D eigenvalue weighted by atomic mass is 9.90. The van der Waals surface area contributed by atoms with Crippen LogP contribution < -0.4 is 5.56 Å². The Morgan fingerprint density at radius 2 is 1.78 bits per heavy atom. The summed E-state index contributed by atoms with van der Waals surface area (Å²) in [6, 6.07) is 4.92. The van der Waals surface area contributed by atoms with Crippen LogP contribution in [0.2, 0.25) is 0 Å². The molecule has 2 fully saturated rings. The molecule has 1 unspecified atom stereocenters. The summed E-state index contributed by atoms with van der Waals surface area (Å²) in [5.41, 5.74) is 3.31. The third kappa shape index (κ3) is 4.95. The molecule has 1 N–H and O–H groups in total. The summed E-state index contributed by atoms with van der Waals surface area (Å²) in [6.07, 6.45) is 8.53. The van der Waals surface area contributed by atoms with E-state index in [4.69, 9.17) is 0 Å². The van der Waals surface area contributed by atoms with E-state index in [1.807, 2.05) is 4.90 Å². The summed E-state index contributed by atoms with van der Waals surface area (Å²) < 4.78 is 14.8. The van der Waals surface area contributed by atoms with Crippen LogP contribution in [0.25, 0.3) is 0 Å². The van der Waals surface area contributed by atoms with Crippen molar-refractivity contribution in [2.75, 3.05) is 19.6 Å². The molecule has 192 valence electrons. The van der Waals surface area contributed by atoms with Crippen molar-refractivity contribution in [3.05, 3.63) is 62.3 Å². The maximum atomic E-state index is 14.8. The largest absolute Gasteiger partial charge is 0.340 e. The monoisotopic (exact) mass is 494 g/mol. The second-order valence-electron chi connectivity index (χ2n) is 10.6. The molecule has 1 aromatic carbocycles. The van der Waals surface area contributed by atoms with Gasteiger partial charge in [0.05, 0.1) is 11.3 Å². The van der Waals surface area contributed by atoms with E-state index in [-0.39, 0.29) is 34.9 Å². The summed E-state index contributed by atoms with van der Waals surface area (Å²) in [7, 11) is 0. The zero-order valence-corrected chi connectivity index (χ0v) is 21.0. The van der Waals surface area contributed by atoms with Crippen LogP contribution in [-0.4, -0.2) is 57.5 Å². The van der Waals surface area contributed by atoms with Crippen LogP contribution in [0.5, 0.6) is 0 Å². The molecule has 0 saturated carbocycles. The number of nitrogens with zero attached hydrogens (tertiary/aromatic N) is 3. The Morgan fingerprint density at radius 3 is 2.53 bits per heavy atom. The molecule has 2 aromatic rings. The lowest BCUT2D eigenvalue weighted by Gasteiger charge is -2.38. The minimum Gasteiger partial charge on any atom is -0.340 e. The van der Waals surface area contributed by atoms with Gasteiger partial charge in [0.2, 0.25) is 5.91 Å². The molecule has 2 saturated heterocycles. The van der Waals surface area contributed by atoms with Crippen molar-refractivity contribution in [2.24, 2.45) is 5.92 Å². The topological polar surface area (TPSA) is 86.4 Å². The Hall–Kier alpha value is -3.03. The molecular weight excluding hydrogens is 459 g/mol. The van der Waals surface area contributed by atoms with Crippen molar-refractivity contribution in [3.8, 4) is 0 Å². The number of rotatable bonds is 4. The van der Waals surface area contributed by atoms with Gasteiger partial charge in [-0.05, 0) is 88.0 Å². The van der Waals surface area contributed by atoms with Crippen LogP contribution in [0.4, 0.5) is 4.39 Å². The first-order valence-electron chi connectivity index (χ1n) is 13.4. The van der Waals surface area contributed by atoms with Crippen molar-refractivity contribution in [3.63, 3.8) is 0 Å². The van der Waals surface area contributed by atoms with Crippen molar-refractivity contribution < 1.29 is 14.0 Å². The Balaban J connectivity index is 1.27. The number of amides is 2. The average Bonchev–Trinajstić information content (AvgIpc) is 2.91. The van der Waals surface area contributed by atoms with Gasteiger partial charge in [0, 0.05) is 43.6 Å². The molecule has 2 amide bonds. The first-order valence-corrected chi connectivity index (χ1v) is 13.4. The number of fused-ring (bicyclic) bond motifs is 1. The number of hydrogen-bond donors (Lipinski definition) is 1. The quantitative estimate of drug-likeness (QED) is 0.703. The molecule has 1 atom stereocenters. The van der Waals surface area contributed by atoms with Gasteiger partial charge in [0.25, 0.3) is 11.5 Å². The van der Waals surface area contributed by atoms with E-state index in [1.165, 1.54) is 12.5 Å². The van der Waals surface area contributed by atoms with Gasteiger partial charge in [-0.2, -0.15) is 5.10 Å². The van der Waals surface area contributed by atoms with Crippen LogP contribution in [0.3, 0.4) is 0 Å². The molecule has 0 spiro atoms. The normalized spacial score (nSPS) is 20.8. The van der Waals surface area contributed by atoms with Crippen LogP contribution in [0.1, 0.15) is 84.6 Å². The lowest BCUT2D eigenvalue weighted by molar-refractivity contribution is -0.140. The van der Waals surface area contributed by atoms with E-state index in [0.29, 0.717) is 32.4 Å². The fourth-order valence-electron chi connectivity index (χ4n) is 6.07. The van der Waals surface area contributed by atoms with Gasteiger partial charge in [-0.1, -0.05) is 6.07 Å². The standard InChI is InChI=1S/C28H35FN4O3/c1-18-6-4-5-13-33(18)27(35)20-11-14-32(15-12-20)28(36)23-16-19(9-10-24(23)29)17-25-21-7-2-3-8-22(21)26(34)31-30-25/h9-10,16,18,20H,2-8,11-15,17H2,1H3,(H,31,34). The number of aromatic amines is 1. The molecule has 5 rings (SSSR count). The molecule has 0 radical (unpaired) electrons. The summed E-state index contributed by atoms with van der Waals surface area (Å²) in [5, 5.41) is 6.88. The fraction of sp³-hybridized carbons (Fsp3) is 0.571. The number of H-pyrrole nitrogens is 1.